The Balaban J connectivity index is 1.75. The van der Waals surface area contributed by atoms with E-state index in [-0.39, 0.29) is 12.5 Å². The Kier molecular flexibility index (Phi) is 3.65. The number of hydrogen-bond acceptors (Lipinski definition) is 2. The summed E-state index contributed by atoms with van der Waals surface area (Å²) in [7, 11) is 0. The van der Waals surface area contributed by atoms with Crippen LogP contribution in [0.25, 0.3) is 0 Å². The largest absolute Gasteiger partial charge is 0.482 e. The first-order valence-corrected chi connectivity index (χ1v) is 7.24. The summed E-state index contributed by atoms with van der Waals surface area (Å²) in [5, 5.41) is 2.86. The normalized spacial score (nSPS) is 13.3. The standard InChI is InChI=1S/C18H19NO2/c1-12-4-3-5-15(13(12)2)8-6-14-7-9-17-16(10-14)19-18(20)11-21-17/h3-5,7,9-10H,6,8,11H2,1-2H3,(H,19,20). The van der Waals surface area contributed by atoms with Crippen LogP contribution in [0.3, 0.4) is 0 Å². The van der Waals surface area contributed by atoms with Gasteiger partial charge in [-0.2, -0.15) is 0 Å². The lowest BCUT2D eigenvalue weighted by Crippen LogP contribution is -2.25. The molecular formula is C18H19NO2. The van der Waals surface area contributed by atoms with E-state index in [4.69, 9.17) is 4.74 Å². The summed E-state index contributed by atoms with van der Waals surface area (Å²) in [5.74, 6) is 0.666. The van der Waals surface area contributed by atoms with Crippen LogP contribution in [0.2, 0.25) is 0 Å². The van der Waals surface area contributed by atoms with Crippen molar-refractivity contribution in [2.24, 2.45) is 0 Å². The molecule has 0 saturated carbocycles. The number of hydrogen-bond donors (Lipinski definition) is 1. The molecule has 3 nitrogen and oxygen atoms in total. The summed E-state index contributed by atoms with van der Waals surface area (Å²) < 4.78 is 5.38. The third kappa shape index (κ3) is 2.92. The Morgan fingerprint density at radius 2 is 2.00 bits per heavy atom. The molecule has 3 heteroatoms. The number of ether oxygens (including phenoxy) is 1. The second-order valence-corrected chi connectivity index (χ2v) is 5.53. The van der Waals surface area contributed by atoms with E-state index in [0.29, 0.717) is 0 Å². The zero-order valence-electron chi connectivity index (χ0n) is 12.4. The van der Waals surface area contributed by atoms with Gasteiger partial charge in [0, 0.05) is 0 Å². The molecule has 0 radical (unpaired) electrons. The summed E-state index contributed by atoms with van der Waals surface area (Å²) >= 11 is 0. The number of carbonyl (C=O) groups is 1. The van der Waals surface area contributed by atoms with Crippen LogP contribution in [0.1, 0.15) is 22.3 Å². The van der Waals surface area contributed by atoms with Crippen LogP contribution >= 0.6 is 0 Å². The number of aryl methyl sites for hydroxylation is 3. The van der Waals surface area contributed by atoms with Crippen LogP contribution in [0.4, 0.5) is 5.69 Å². The van der Waals surface area contributed by atoms with Crippen LogP contribution in [-0.4, -0.2) is 12.5 Å². The van der Waals surface area contributed by atoms with Crippen LogP contribution in [-0.2, 0) is 17.6 Å². The molecular weight excluding hydrogens is 262 g/mol. The highest BCUT2D eigenvalue weighted by Crippen LogP contribution is 2.29. The van der Waals surface area contributed by atoms with Gasteiger partial charge in [0.1, 0.15) is 5.75 Å². The van der Waals surface area contributed by atoms with Crippen molar-refractivity contribution in [1.82, 2.24) is 0 Å². The summed E-state index contributed by atoms with van der Waals surface area (Å²) in [4.78, 5) is 11.4. The summed E-state index contributed by atoms with van der Waals surface area (Å²) in [6.45, 7) is 4.42. The first kappa shape index (κ1) is 13.7. The van der Waals surface area contributed by atoms with Crippen molar-refractivity contribution >= 4 is 11.6 Å². The summed E-state index contributed by atoms with van der Waals surface area (Å²) in [6.07, 6.45) is 1.95. The van der Waals surface area contributed by atoms with Crippen molar-refractivity contribution in [2.45, 2.75) is 26.7 Å². The zero-order chi connectivity index (χ0) is 14.8. The second-order valence-electron chi connectivity index (χ2n) is 5.53. The minimum atomic E-state index is -0.0887. The average Bonchev–Trinajstić information content (AvgIpc) is 2.48. The number of fused-ring (bicyclic) bond motifs is 1. The monoisotopic (exact) mass is 281 g/mol. The molecule has 1 N–H and O–H groups in total. The third-order valence-corrected chi connectivity index (χ3v) is 4.08. The van der Waals surface area contributed by atoms with Gasteiger partial charge in [-0.1, -0.05) is 24.3 Å². The van der Waals surface area contributed by atoms with Crippen molar-refractivity contribution in [3.05, 3.63) is 58.7 Å². The van der Waals surface area contributed by atoms with Gasteiger partial charge in [0.15, 0.2) is 6.61 Å². The fourth-order valence-corrected chi connectivity index (χ4v) is 2.65. The molecule has 2 aromatic rings. The third-order valence-electron chi connectivity index (χ3n) is 4.08. The number of nitrogens with one attached hydrogen (secondary N) is 1. The number of benzene rings is 2. The van der Waals surface area contributed by atoms with Crippen LogP contribution in [0, 0.1) is 13.8 Å². The smallest absolute Gasteiger partial charge is 0.262 e. The number of carbonyl (C=O) groups excluding carboxylic acids is 1. The van der Waals surface area contributed by atoms with Crippen LogP contribution < -0.4 is 10.1 Å². The maximum atomic E-state index is 11.4. The molecule has 1 aliphatic heterocycles. The number of rotatable bonds is 3. The van der Waals surface area contributed by atoms with Crippen LogP contribution in [0.15, 0.2) is 36.4 Å². The highest BCUT2D eigenvalue weighted by atomic mass is 16.5. The SMILES string of the molecule is Cc1cccc(CCc2ccc3c(c2)NC(=O)CO3)c1C. The van der Waals surface area contributed by atoms with Gasteiger partial charge >= 0.3 is 0 Å². The lowest BCUT2D eigenvalue weighted by molar-refractivity contribution is -0.118. The predicted octanol–water partition coefficient (Wildman–Crippen LogP) is 3.42. The van der Waals surface area contributed by atoms with Crippen molar-refractivity contribution < 1.29 is 9.53 Å². The summed E-state index contributed by atoms with van der Waals surface area (Å²) in [5.41, 5.74) is 6.07. The quantitative estimate of drug-likeness (QED) is 0.936. The number of amides is 1. The Labute approximate surface area is 124 Å². The van der Waals surface area contributed by atoms with Crippen molar-refractivity contribution in [1.29, 1.82) is 0 Å². The second kappa shape index (κ2) is 5.60. The molecule has 0 spiro atoms. The van der Waals surface area contributed by atoms with Crippen LogP contribution in [0.5, 0.6) is 5.75 Å². The lowest BCUT2D eigenvalue weighted by atomic mass is 9.97. The fraction of sp³-hybridized carbons (Fsp3) is 0.278. The highest BCUT2D eigenvalue weighted by Gasteiger charge is 2.15. The van der Waals surface area contributed by atoms with Gasteiger partial charge < -0.3 is 10.1 Å². The predicted molar refractivity (Wildman–Crippen MR) is 83.9 cm³/mol. The maximum Gasteiger partial charge on any atom is 0.262 e. The lowest BCUT2D eigenvalue weighted by Gasteiger charge is -2.18. The molecule has 0 aliphatic carbocycles. The molecule has 108 valence electrons. The van der Waals surface area contributed by atoms with E-state index in [9.17, 15) is 4.79 Å². The topological polar surface area (TPSA) is 38.3 Å². The molecule has 21 heavy (non-hydrogen) atoms. The first-order valence-electron chi connectivity index (χ1n) is 7.24. The van der Waals surface area contributed by atoms with E-state index >= 15 is 0 Å². The Morgan fingerprint density at radius 1 is 1.14 bits per heavy atom. The molecule has 0 unspecified atom stereocenters. The van der Waals surface area contributed by atoms with Gasteiger partial charge in [-0.3, -0.25) is 4.79 Å². The summed E-state index contributed by atoms with van der Waals surface area (Å²) in [6, 6.07) is 12.5. The van der Waals surface area contributed by atoms with E-state index < -0.39 is 0 Å². The highest BCUT2D eigenvalue weighted by molar-refractivity contribution is 5.95. The minimum Gasteiger partial charge on any atom is -0.482 e. The average molecular weight is 281 g/mol. The molecule has 1 aliphatic rings. The molecule has 0 fully saturated rings. The molecule has 0 saturated heterocycles. The van der Waals surface area contributed by atoms with Gasteiger partial charge in [-0.25, -0.2) is 0 Å². The minimum absolute atomic E-state index is 0.0887. The first-order chi connectivity index (χ1) is 10.1. The Bertz CT molecular complexity index is 692. The van der Waals surface area contributed by atoms with E-state index in [2.05, 4.69) is 43.4 Å². The van der Waals surface area contributed by atoms with Gasteiger partial charge in [0.05, 0.1) is 5.69 Å². The van der Waals surface area contributed by atoms with E-state index in [1.54, 1.807) is 0 Å². The van der Waals surface area contributed by atoms with Gasteiger partial charge in [-0.05, 0) is 61.1 Å². The Hall–Kier alpha value is -2.29. The molecule has 2 aromatic carbocycles. The van der Waals surface area contributed by atoms with Gasteiger partial charge in [0.25, 0.3) is 5.91 Å². The molecule has 3 rings (SSSR count). The molecule has 0 bridgehead atoms. The molecule has 0 atom stereocenters. The van der Waals surface area contributed by atoms with Crippen molar-refractivity contribution in [3.63, 3.8) is 0 Å². The maximum absolute atomic E-state index is 11.4. The van der Waals surface area contributed by atoms with E-state index in [1.165, 1.54) is 22.3 Å². The molecule has 1 amide bonds. The van der Waals surface area contributed by atoms with Gasteiger partial charge in [-0.15, -0.1) is 0 Å². The van der Waals surface area contributed by atoms with E-state index in [0.717, 1.165) is 24.3 Å². The molecule has 1 heterocycles. The van der Waals surface area contributed by atoms with Crippen molar-refractivity contribution in [2.75, 3.05) is 11.9 Å². The zero-order valence-corrected chi connectivity index (χ0v) is 12.4. The fourth-order valence-electron chi connectivity index (χ4n) is 2.65. The molecule has 0 aromatic heterocycles. The Morgan fingerprint density at radius 3 is 2.86 bits per heavy atom. The van der Waals surface area contributed by atoms with Gasteiger partial charge in [0.2, 0.25) is 0 Å². The van der Waals surface area contributed by atoms with E-state index in [1.807, 2.05) is 12.1 Å². The van der Waals surface area contributed by atoms with Crippen molar-refractivity contribution in [3.8, 4) is 5.75 Å². The number of anilines is 1.